The lowest BCUT2D eigenvalue weighted by molar-refractivity contribution is -0.113. The van der Waals surface area contributed by atoms with Gasteiger partial charge in [0.1, 0.15) is 17.5 Å². The number of methoxy groups -OCH3 is 1. The van der Waals surface area contributed by atoms with E-state index >= 15 is 0 Å². The quantitative estimate of drug-likeness (QED) is 0.536. The largest absolute Gasteiger partial charge is 0.495 e. The van der Waals surface area contributed by atoms with Crippen molar-refractivity contribution in [2.75, 3.05) is 24.4 Å². The van der Waals surface area contributed by atoms with E-state index in [0.717, 1.165) is 17.7 Å². The number of allylic oxidation sites excluding steroid dienone is 1. The van der Waals surface area contributed by atoms with Gasteiger partial charge in [0, 0.05) is 5.70 Å². The van der Waals surface area contributed by atoms with Gasteiger partial charge in [0.15, 0.2) is 0 Å². The Balaban J connectivity index is 1.64. The number of carbonyl (C=O) groups excluding carboxylic acids is 1. The molecule has 1 amide bonds. The van der Waals surface area contributed by atoms with Crippen molar-refractivity contribution in [2.45, 2.75) is 33.2 Å². The van der Waals surface area contributed by atoms with E-state index in [1.807, 2.05) is 43.3 Å². The second-order valence-corrected chi connectivity index (χ2v) is 8.27. The van der Waals surface area contributed by atoms with Crippen molar-refractivity contribution in [1.82, 2.24) is 20.2 Å². The second-order valence-electron chi connectivity index (χ2n) is 8.27. The summed E-state index contributed by atoms with van der Waals surface area (Å²) in [5, 5.41) is 18.1. The van der Waals surface area contributed by atoms with Crippen LogP contribution in [0.2, 0.25) is 0 Å². The number of carbonyl (C=O) groups is 1. The molecule has 33 heavy (non-hydrogen) atoms. The predicted octanol–water partition coefficient (Wildman–Crippen LogP) is 4.03. The molecule has 9 heteroatoms. The van der Waals surface area contributed by atoms with E-state index in [-0.39, 0.29) is 5.91 Å². The molecule has 0 radical (unpaired) electrons. The second kappa shape index (κ2) is 9.72. The van der Waals surface area contributed by atoms with E-state index < -0.39 is 6.04 Å². The van der Waals surface area contributed by atoms with Gasteiger partial charge in [-0.15, -0.1) is 0 Å². The number of tetrazole rings is 1. The molecule has 4 rings (SSSR count). The molecule has 3 aromatic rings. The normalized spacial score (nSPS) is 15.1. The van der Waals surface area contributed by atoms with E-state index in [2.05, 4.69) is 40.0 Å². The molecule has 0 fully saturated rings. The van der Waals surface area contributed by atoms with Crippen LogP contribution in [-0.2, 0) is 4.79 Å². The first-order valence-corrected chi connectivity index (χ1v) is 10.9. The SMILES string of the molecule is COc1ccccc1NC(=O)C1=C(C)Nc2nnnn2C1c1ccc(OCCC(C)C)cc1. The molecule has 2 heterocycles. The average molecular weight is 449 g/mol. The number of nitrogens with one attached hydrogen (secondary N) is 2. The van der Waals surface area contributed by atoms with Crippen molar-refractivity contribution in [3.05, 3.63) is 65.4 Å². The highest BCUT2D eigenvalue weighted by Gasteiger charge is 2.34. The summed E-state index contributed by atoms with van der Waals surface area (Å²) < 4.78 is 12.8. The van der Waals surface area contributed by atoms with Crippen LogP contribution in [0.4, 0.5) is 11.6 Å². The Hall–Kier alpha value is -3.88. The van der Waals surface area contributed by atoms with Gasteiger partial charge in [-0.05, 0) is 59.5 Å². The van der Waals surface area contributed by atoms with Crippen LogP contribution in [0.3, 0.4) is 0 Å². The average Bonchev–Trinajstić information content (AvgIpc) is 3.26. The molecule has 2 N–H and O–H groups in total. The van der Waals surface area contributed by atoms with Crippen molar-refractivity contribution in [3.63, 3.8) is 0 Å². The van der Waals surface area contributed by atoms with Gasteiger partial charge in [-0.3, -0.25) is 4.79 Å². The summed E-state index contributed by atoms with van der Waals surface area (Å²) in [7, 11) is 1.57. The summed E-state index contributed by atoms with van der Waals surface area (Å²) in [4.78, 5) is 13.5. The third-order valence-corrected chi connectivity index (χ3v) is 5.47. The zero-order valence-electron chi connectivity index (χ0n) is 19.2. The fourth-order valence-electron chi connectivity index (χ4n) is 3.71. The Kier molecular flexibility index (Phi) is 6.58. The summed E-state index contributed by atoms with van der Waals surface area (Å²) in [6.45, 7) is 6.83. The van der Waals surface area contributed by atoms with Gasteiger partial charge in [0.2, 0.25) is 5.95 Å². The maximum Gasteiger partial charge on any atom is 0.255 e. The van der Waals surface area contributed by atoms with Crippen LogP contribution in [0.5, 0.6) is 11.5 Å². The van der Waals surface area contributed by atoms with Gasteiger partial charge >= 0.3 is 0 Å². The monoisotopic (exact) mass is 448 g/mol. The van der Waals surface area contributed by atoms with Crippen molar-refractivity contribution >= 4 is 17.5 Å². The molecule has 1 aliphatic heterocycles. The maximum atomic E-state index is 13.5. The molecule has 0 saturated heterocycles. The molecule has 172 valence electrons. The van der Waals surface area contributed by atoms with E-state index in [1.54, 1.807) is 23.9 Å². The predicted molar refractivity (Wildman–Crippen MR) is 125 cm³/mol. The fourth-order valence-corrected chi connectivity index (χ4v) is 3.71. The highest BCUT2D eigenvalue weighted by molar-refractivity contribution is 6.06. The molecular formula is C24H28N6O3. The van der Waals surface area contributed by atoms with Gasteiger partial charge in [0.25, 0.3) is 5.91 Å². The lowest BCUT2D eigenvalue weighted by atomic mass is 9.95. The van der Waals surface area contributed by atoms with Gasteiger partial charge in [0.05, 0.1) is 25.0 Å². The van der Waals surface area contributed by atoms with Gasteiger partial charge in [-0.1, -0.05) is 43.2 Å². The number of hydrogen-bond acceptors (Lipinski definition) is 7. The molecule has 1 aromatic heterocycles. The van der Waals surface area contributed by atoms with Gasteiger partial charge < -0.3 is 20.1 Å². The first-order chi connectivity index (χ1) is 16.0. The van der Waals surface area contributed by atoms with E-state index in [1.165, 1.54) is 0 Å². The molecule has 0 aliphatic carbocycles. The Morgan fingerprint density at radius 3 is 2.67 bits per heavy atom. The topological polar surface area (TPSA) is 103 Å². The minimum absolute atomic E-state index is 0.270. The summed E-state index contributed by atoms with van der Waals surface area (Å²) in [5.41, 5.74) is 2.63. The van der Waals surface area contributed by atoms with Crippen LogP contribution in [0.1, 0.15) is 38.8 Å². The minimum Gasteiger partial charge on any atom is -0.495 e. The molecule has 1 unspecified atom stereocenters. The lowest BCUT2D eigenvalue weighted by Gasteiger charge is -2.28. The number of anilines is 2. The number of nitrogens with zero attached hydrogens (tertiary/aromatic N) is 4. The first kappa shape index (κ1) is 22.3. The molecule has 1 aliphatic rings. The molecule has 1 atom stereocenters. The van der Waals surface area contributed by atoms with Crippen molar-refractivity contribution in [3.8, 4) is 11.5 Å². The summed E-state index contributed by atoms with van der Waals surface area (Å²) in [5.74, 6) is 2.15. The summed E-state index contributed by atoms with van der Waals surface area (Å²) in [6, 6.07) is 14.5. The van der Waals surface area contributed by atoms with Crippen LogP contribution in [0, 0.1) is 5.92 Å². The molecule has 2 aromatic carbocycles. The van der Waals surface area contributed by atoms with Crippen molar-refractivity contribution < 1.29 is 14.3 Å². The van der Waals surface area contributed by atoms with Crippen LogP contribution in [-0.4, -0.2) is 39.8 Å². The Labute approximate surface area is 192 Å². The van der Waals surface area contributed by atoms with Crippen LogP contribution >= 0.6 is 0 Å². The molecule has 0 saturated carbocycles. The molecule has 9 nitrogen and oxygen atoms in total. The smallest absolute Gasteiger partial charge is 0.255 e. The Morgan fingerprint density at radius 2 is 1.94 bits per heavy atom. The number of para-hydroxylation sites is 2. The van der Waals surface area contributed by atoms with Gasteiger partial charge in [-0.25, -0.2) is 0 Å². The zero-order chi connectivity index (χ0) is 23.4. The minimum atomic E-state index is -0.504. The fraction of sp³-hybridized carbons (Fsp3) is 0.333. The number of ether oxygens (including phenoxy) is 2. The number of fused-ring (bicyclic) bond motifs is 1. The number of hydrogen-bond donors (Lipinski definition) is 2. The standard InChI is InChI=1S/C24H28N6O3/c1-15(2)13-14-33-18-11-9-17(10-12-18)22-21(16(3)25-24-27-28-29-30(22)24)23(31)26-19-7-5-6-8-20(19)32-4/h5-12,15,22H,13-14H2,1-4H3,(H,26,31)(H,25,27,29). The van der Waals surface area contributed by atoms with Crippen LogP contribution in [0.25, 0.3) is 0 Å². The highest BCUT2D eigenvalue weighted by atomic mass is 16.5. The van der Waals surface area contributed by atoms with Crippen LogP contribution in [0.15, 0.2) is 59.8 Å². The number of benzene rings is 2. The van der Waals surface area contributed by atoms with Crippen molar-refractivity contribution in [1.29, 1.82) is 0 Å². The van der Waals surface area contributed by atoms with Crippen molar-refractivity contribution in [2.24, 2.45) is 5.92 Å². The van der Waals surface area contributed by atoms with E-state index in [4.69, 9.17) is 9.47 Å². The summed E-state index contributed by atoms with van der Waals surface area (Å²) >= 11 is 0. The number of aromatic nitrogens is 4. The van der Waals surface area contributed by atoms with Crippen LogP contribution < -0.4 is 20.1 Å². The third-order valence-electron chi connectivity index (χ3n) is 5.47. The first-order valence-electron chi connectivity index (χ1n) is 10.9. The summed E-state index contributed by atoms with van der Waals surface area (Å²) in [6.07, 6.45) is 0.985. The lowest BCUT2D eigenvalue weighted by Crippen LogP contribution is -2.31. The van der Waals surface area contributed by atoms with Gasteiger partial charge in [-0.2, -0.15) is 4.68 Å². The van der Waals surface area contributed by atoms with E-state index in [0.29, 0.717) is 41.2 Å². The maximum absolute atomic E-state index is 13.5. The Bertz CT molecular complexity index is 1150. The molecule has 0 bridgehead atoms. The molecular weight excluding hydrogens is 420 g/mol. The number of rotatable bonds is 8. The third kappa shape index (κ3) is 4.82. The zero-order valence-corrected chi connectivity index (χ0v) is 19.2. The number of amides is 1. The van der Waals surface area contributed by atoms with E-state index in [9.17, 15) is 4.79 Å². The highest BCUT2D eigenvalue weighted by Crippen LogP contribution is 2.36. The Morgan fingerprint density at radius 1 is 1.18 bits per heavy atom. The molecule has 0 spiro atoms.